The fourth-order valence-electron chi connectivity index (χ4n) is 3.78. The summed E-state index contributed by atoms with van der Waals surface area (Å²) in [6, 6.07) is 5.36. The van der Waals surface area contributed by atoms with Gasteiger partial charge in [0.25, 0.3) is 5.91 Å². The second-order valence-corrected chi connectivity index (χ2v) is 8.29. The largest absolute Gasteiger partial charge is 0.326 e. The summed E-state index contributed by atoms with van der Waals surface area (Å²) in [4.78, 5) is 37.9. The van der Waals surface area contributed by atoms with Crippen molar-refractivity contribution in [2.45, 2.75) is 58.8 Å². The number of nitrogens with one attached hydrogen (secondary N) is 2. The Labute approximate surface area is 166 Å². The van der Waals surface area contributed by atoms with Crippen LogP contribution in [-0.4, -0.2) is 41.2 Å². The predicted molar refractivity (Wildman–Crippen MR) is 106 cm³/mol. The number of carbonyl (C=O) groups excluding carboxylic acids is 3. The summed E-state index contributed by atoms with van der Waals surface area (Å²) < 4.78 is 0. The Morgan fingerprint density at radius 2 is 2.00 bits per heavy atom. The predicted octanol–water partition coefficient (Wildman–Crippen LogP) is 1.16. The van der Waals surface area contributed by atoms with Crippen LogP contribution in [0, 0.1) is 11.8 Å². The van der Waals surface area contributed by atoms with Crippen molar-refractivity contribution in [2.75, 3.05) is 6.54 Å². The molecule has 3 unspecified atom stereocenters. The molecule has 152 valence electrons. The molecule has 3 rings (SSSR count). The SMILES string of the molecule is CC(C)C(C)C(N)CNCc1ccc2c(c1)C(=O)N(C1CCC(=O)NC1=O)C2. The van der Waals surface area contributed by atoms with Crippen molar-refractivity contribution in [1.29, 1.82) is 0 Å². The highest BCUT2D eigenvalue weighted by Gasteiger charge is 2.39. The minimum atomic E-state index is -0.574. The summed E-state index contributed by atoms with van der Waals surface area (Å²) in [5, 5.41) is 5.70. The first-order chi connectivity index (χ1) is 13.3. The summed E-state index contributed by atoms with van der Waals surface area (Å²) in [7, 11) is 0. The minimum absolute atomic E-state index is 0.0825. The lowest BCUT2D eigenvalue weighted by Gasteiger charge is -2.29. The quantitative estimate of drug-likeness (QED) is 0.610. The molecule has 0 aliphatic carbocycles. The number of hydrogen-bond acceptors (Lipinski definition) is 5. The number of amides is 3. The molecule has 1 fully saturated rings. The highest BCUT2D eigenvalue weighted by Crippen LogP contribution is 2.28. The molecule has 0 bridgehead atoms. The van der Waals surface area contributed by atoms with E-state index in [9.17, 15) is 14.4 Å². The molecule has 7 heteroatoms. The van der Waals surface area contributed by atoms with Crippen molar-refractivity contribution in [1.82, 2.24) is 15.5 Å². The van der Waals surface area contributed by atoms with E-state index in [1.54, 1.807) is 4.90 Å². The molecule has 2 aliphatic heterocycles. The number of piperidine rings is 1. The Kier molecular flexibility index (Phi) is 6.15. The topological polar surface area (TPSA) is 105 Å². The van der Waals surface area contributed by atoms with Crippen molar-refractivity contribution < 1.29 is 14.4 Å². The van der Waals surface area contributed by atoms with E-state index in [-0.39, 0.29) is 30.2 Å². The lowest BCUT2D eigenvalue weighted by molar-refractivity contribution is -0.136. The van der Waals surface area contributed by atoms with Gasteiger partial charge in [0, 0.05) is 37.7 Å². The monoisotopic (exact) mass is 386 g/mol. The third kappa shape index (κ3) is 4.25. The molecule has 3 atom stereocenters. The Morgan fingerprint density at radius 3 is 2.68 bits per heavy atom. The molecular formula is C21H30N4O3. The van der Waals surface area contributed by atoms with Gasteiger partial charge in [0.2, 0.25) is 11.8 Å². The van der Waals surface area contributed by atoms with Crippen molar-refractivity contribution >= 4 is 17.7 Å². The van der Waals surface area contributed by atoms with Crippen LogP contribution >= 0.6 is 0 Å². The van der Waals surface area contributed by atoms with Gasteiger partial charge >= 0.3 is 0 Å². The van der Waals surface area contributed by atoms with E-state index in [0.717, 1.165) is 11.1 Å². The van der Waals surface area contributed by atoms with E-state index in [1.165, 1.54) is 0 Å². The maximum absolute atomic E-state index is 12.8. The van der Waals surface area contributed by atoms with Gasteiger partial charge in [-0.05, 0) is 35.4 Å². The lowest BCUT2D eigenvalue weighted by atomic mass is 9.91. The highest BCUT2D eigenvalue weighted by atomic mass is 16.2. The van der Waals surface area contributed by atoms with E-state index in [0.29, 0.717) is 43.5 Å². The van der Waals surface area contributed by atoms with Gasteiger partial charge in [-0.1, -0.05) is 32.9 Å². The molecule has 0 radical (unpaired) electrons. The van der Waals surface area contributed by atoms with E-state index in [1.807, 2.05) is 18.2 Å². The average Bonchev–Trinajstić information content (AvgIpc) is 2.97. The zero-order valence-electron chi connectivity index (χ0n) is 16.8. The van der Waals surface area contributed by atoms with Crippen LogP contribution in [0.15, 0.2) is 18.2 Å². The summed E-state index contributed by atoms with van der Waals surface area (Å²) in [6.45, 7) is 8.26. The minimum Gasteiger partial charge on any atom is -0.326 e. The first kappa shape index (κ1) is 20.5. The van der Waals surface area contributed by atoms with E-state index in [4.69, 9.17) is 5.73 Å². The van der Waals surface area contributed by atoms with Crippen LogP contribution in [0.5, 0.6) is 0 Å². The van der Waals surface area contributed by atoms with Gasteiger partial charge in [-0.2, -0.15) is 0 Å². The summed E-state index contributed by atoms with van der Waals surface area (Å²) in [5.74, 6) is 0.164. The molecule has 2 aliphatic rings. The van der Waals surface area contributed by atoms with E-state index in [2.05, 4.69) is 31.4 Å². The van der Waals surface area contributed by atoms with Crippen molar-refractivity contribution in [3.8, 4) is 0 Å². The van der Waals surface area contributed by atoms with E-state index >= 15 is 0 Å². The number of rotatable bonds is 7. The number of benzene rings is 1. The number of imide groups is 1. The van der Waals surface area contributed by atoms with Gasteiger partial charge in [0.1, 0.15) is 6.04 Å². The maximum Gasteiger partial charge on any atom is 0.255 e. The summed E-state index contributed by atoms with van der Waals surface area (Å²) in [6.07, 6.45) is 0.644. The number of nitrogens with two attached hydrogens (primary N) is 1. The first-order valence-electron chi connectivity index (χ1n) is 10.0. The molecule has 3 amide bonds. The second-order valence-electron chi connectivity index (χ2n) is 8.29. The van der Waals surface area contributed by atoms with Crippen LogP contribution in [0.1, 0.15) is 55.1 Å². The molecule has 1 saturated heterocycles. The van der Waals surface area contributed by atoms with Gasteiger partial charge in [0.05, 0.1) is 0 Å². The maximum atomic E-state index is 12.8. The number of hydrogen-bond donors (Lipinski definition) is 3. The van der Waals surface area contributed by atoms with Crippen LogP contribution in [0.25, 0.3) is 0 Å². The van der Waals surface area contributed by atoms with Crippen LogP contribution < -0.4 is 16.4 Å². The Balaban J connectivity index is 1.61. The smallest absolute Gasteiger partial charge is 0.255 e. The first-order valence-corrected chi connectivity index (χ1v) is 10.0. The van der Waals surface area contributed by atoms with Crippen molar-refractivity contribution in [2.24, 2.45) is 17.6 Å². The lowest BCUT2D eigenvalue weighted by Crippen LogP contribution is -2.52. The second kappa shape index (κ2) is 8.41. The Hall–Kier alpha value is -2.25. The van der Waals surface area contributed by atoms with Gasteiger partial charge in [0.15, 0.2) is 0 Å². The molecule has 0 spiro atoms. The van der Waals surface area contributed by atoms with E-state index < -0.39 is 6.04 Å². The summed E-state index contributed by atoms with van der Waals surface area (Å²) in [5.41, 5.74) is 8.81. The molecule has 1 aromatic rings. The average molecular weight is 386 g/mol. The third-order valence-corrected chi connectivity index (χ3v) is 6.03. The fourth-order valence-corrected chi connectivity index (χ4v) is 3.78. The number of nitrogens with zero attached hydrogens (tertiary/aromatic N) is 1. The van der Waals surface area contributed by atoms with Crippen LogP contribution in [0.3, 0.4) is 0 Å². The molecular weight excluding hydrogens is 356 g/mol. The Bertz CT molecular complexity index is 777. The fraction of sp³-hybridized carbons (Fsp3) is 0.571. The molecule has 4 N–H and O–H groups in total. The normalized spacial score (nSPS) is 21.7. The van der Waals surface area contributed by atoms with Gasteiger partial charge < -0.3 is 16.0 Å². The van der Waals surface area contributed by atoms with Crippen molar-refractivity contribution in [3.63, 3.8) is 0 Å². The van der Waals surface area contributed by atoms with Gasteiger partial charge in [-0.15, -0.1) is 0 Å². The standard InChI is InChI=1S/C21H30N4O3/c1-12(2)13(3)17(22)10-23-9-14-4-5-15-11-25(21(28)16(15)8-14)18-6-7-19(26)24-20(18)27/h4-5,8,12-13,17-18,23H,6-7,9-11,22H2,1-3H3,(H,24,26,27). The molecule has 1 aromatic carbocycles. The highest BCUT2D eigenvalue weighted by molar-refractivity contribution is 6.05. The molecule has 28 heavy (non-hydrogen) atoms. The molecule has 0 aromatic heterocycles. The zero-order chi connectivity index (χ0) is 20.4. The van der Waals surface area contributed by atoms with Crippen LogP contribution in [-0.2, 0) is 22.7 Å². The third-order valence-electron chi connectivity index (χ3n) is 6.03. The molecule has 2 heterocycles. The van der Waals surface area contributed by atoms with Gasteiger partial charge in [-0.3, -0.25) is 19.7 Å². The Morgan fingerprint density at radius 1 is 1.25 bits per heavy atom. The zero-order valence-corrected chi connectivity index (χ0v) is 16.8. The number of fused-ring (bicyclic) bond motifs is 1. The summed E-state index contributed by atoms with van der Waals surface area (Å²) >= 11 is 0. The van der Waals surface area contributed by atoms with Crippen LogP contribution in [0.2, 0.25) is 0 Å². The van der Waals surface area contributed by atoms with Crippen molar-refractivity contribution in [3.05, 3.63) is 34.9 Å². The molecule has 7 nitrogen and oxygen atoms in total. The van der Waals surface area contributed by atoms with Crippen LogP contribution in [0.4, 0.5) is 0 Å². The number of carbonyl (C=O) groups is 3. The molecule has 0 saturated carbocycles. The van der Waals surface area contributed by atoms with Gasteiger partial charge in [-0.25, -0.2) is 0 Å².